The first kappa shape index (κ1) is 22.4. The van der Waals surface area contributed by atoms with Gasteiger partial charge in [0.15, 0.2) is 0 Å². The Kier molecular flexibility index (Phi) is 7.56. The zero-order valence-electron chi connectivity index (χ0n) is 18.2. The topological polar surface area (TPSA) is 85.9 Å². The van der Waals surface area contributed by atoms with Gasteiger partial charge in [-0.1, -0.05) is 48.5 Å². The molecule has 0 radical (unpaired) electrons. The zero-order chi connectivity index (χ0) is 22.9. The van der Waals surface area contributed by atoms with Gasteiger partial charge in [-0.05, 0) is 35.4 Å². The molecule has 0 spiro atoms. The molecule has 0 fully saturated rings. The molecule has 0 unspecified atom stereocenters. The van der Waals surface area contributed by atoms with Crippen molar-refractivity contribution in [1.29, 1.82) is 0 Å². The molecule has 0 saturated heterocycles. The molecule has 4 rings (SSSR count). The van der Waals surface area contributed by atoms with Crippen LogP contribution in [0.15, 0.2) is 72.8 Å². The molecule has 2 N–H and O–H groups in total. The van der Waals surface area contributed by atoms with Gasteiger partial charge in [0.25, 0.3) is 11.8 Å². The summed E-state index contributed by atoms with van der Waals surface area (Å²) < 4.78 is 17.1. The van der Waals surface area contributed by atoms with E-state index in [1.807, 2.05) is 36.4 Å². The molecular formula is C26H26N2O5. The van der Waals surface area contributed by atoms with Gasteiger partial charge in [-0.3, -0.25) is 9.59 Å². The number of hydrogen-bond donors (Lipinski definition) is 2. The number of para-hydroxylation sites is 2. The van der Waals surface area contributed by atoms with Crippen molar-refractivity contribution in [1.82, 2.24) is 10.6 Å². The van der Waals surface area contributed by atoms with E-state index in [1.54, 1.807) is 36.4 Å². The van der Waals surface area contributed by atoms with Gasteiger partial charge >= 0.3 is 0 Å². The predicted octanol–water partition coefficient (Wildman–Crippen LogP) is 3.33. The molecule has 7 heteroatoms. The van der Waals surface area contributed by atoms with E-state index in [9.17, 15) is 9.59 Å². The van der Waals surface area contributed by atoms with Crippen LogP contribution in [0.3, 0.4) is 0 Å². The molecule has 7 nitrogen and oxygen atoms in total. The maximum Gasteiger partial charge on any atom is 0.255 e. The van der Waals surface area contributed by atoms with E-state index < -0.39 is 0 Å². The number of ether oxygens (including phenoxy) is 3. The summed E-state index contributed by atoms with van der Waals surface area (Å²) in [5.41, 5.74) is 2.80. The van der Waals surface area contributed by atoms with Crippen LogP contribution >= 0.6 is 0 Å². The van der Waals surface area contributed by atoms with Crippen LogP contribution in [0.4, 0.5) is 0 Å². The highest BCUT2D eigenvalue weighted by Gasteiger charge is 2.14. The zero-order valence-corrected chi connectivity index (χ0v) is 18.2. The molecular weight excluding hydrogens is 420 g/mol. The van der Waals surface area contributed by atoms with Crippen LogP contribution in [0, 0.1) is 0 Å². The molecule has 170 valence electrons. The fourth-order valence-electron chi connectivity index (χ4n) is 3.49. The van der Waals surface area contributed by atoms with Crippen molar-refractivity contribution in [2.24, 2.45) is 0 Å². The van der Waals surface area contributed by atoms with Crippen molar-refractivity contribution in [2.75, 3.05) is 26.4 Å². The van der Waals surface area contributed by atoms with Gasteiger partial charge in [0, 0.05) is 13.1 Å². The van der Waals surface area contributed by atoms with Gasteiger partial charge in [-0.25, -0.2) is 0 Å². The van der Waals surface area contributed by atoms with Gasteiger partial charge in [0.2, 0.25) is 0 Å². The molecule has 0 aromatic heterocycles. The second-order valence-electron chi connectivity index (χ2n) is 7.49. The first-order valence-corrected chi connectivity index (χ1v) is 10.9. The average Bonchev–Trinajstić information content (AvgIpc) is 2.85. The van der Waals surface area contributed by atoms with Crippen LogP contribution < -0.4 is 20.1 Å². The highest BCUT2D eigenvalue weighted by atomic mass is 16.5. The van der Waals surface area contributed by atoms with Crippen molar-refractivity contribution in [3.8, 4) is 11.5 Å². The Morgan fingerprint density at radius 3 is 1.58 bits per heavy atom. The maximum atomic E-state index is 12.7. The van der Waals surface area contributed by atoms with Gasteiger partial charge in [0.05, 0.1) is 24.3 Å². The third-order valence-electron chi connectivity index (χ3n) is 5.13. The minimum absolute atomic E-state index is 0.218. The number of hydrogen-bond acceptors (Lipinski definition) is 5. The van der Waals surface area contributed by atoms with Crippen LogP contribution in [0.2, 0.25) is 0 Å². The summed E-state index contributed by atoms with van der Waals surface area (Å²) in [5.74, 6) is 0.582. The fraction of sp³-hybridized carbons (Fsp3) is 0.231. The minimum Gasteiger partial charge on any atom is -0.490 e. The Hall–Kier alpha value is -3.84. The Morgan fingerprint density at radius 1 is 0.576 bits per heavy atom. The van der Waals surface area contributed by atoms with E-state index in [0.29, 0.717) is 62.1 Å². The lowest BCUT2D eigenvalue weighted by atomic mass is 10.1. The number of benzene rings is 3. The number of nitrogens with one attached hydrogen (secondary N) is 2. The summed E-state index contributed by atoms with van der Waals surface area (Å²) in [7, 11) is 0. The largest absolute Gasteiger partial charge is 0.490 e. The standard InChI is InChI=1S/C26H26N2O5/c29-25-21-8-1-3-10-23(21)32-14-12-31-13-15-33-24-11-4-2-9-22(24)26(30)28-18-20-7-5-6-19(16-20)17-27-25/h1-11,16H,12-15,17-18H2,(H,27,29)(H,28,30). The molecule has 2 amide bonds. The molecule has 3 aromatic carbocycles. The molecule has 3 aromatic rings. The number of carbonyl (C=O) groups excluding carboxylic acids is 2. The summed E-state index contributed by atoms with van der Waals surface area (Å²) in [4.78, 5) is 25.5. The molecule has 0 atom stereocenters. The van der Waals surface area contributed by atoms with Crippen LogP contribution in [-0.4, -0.2) is 38.2 Å². The summed E-state index contributed by atoms with van der Waals surface area (Å²) in [6, 6.07) is 22.0. The van der Waals surface area contributed by atoms with Crippen molar-refractivity contribution in [2.45, 2.75) is 13.1 Å². The Morgan fingerprint density at radius 2 is 1.06 bits per heavy atom. The SMILES string of the molecule is O=C1NCc2cccc(c2)CNC(=O)c2ccccc2OCCOCCOc2ccccc21. The summed E-state index contributed by atoms with van der Waals surface area (Å²) in [6.07, 6.45) is 0. The Labute approximate surface area is 192 Å². The lowest BCUT2D eigenvalue weighted by Gasteiger charge is -2.14. The van der Waals surface area contributed by atoms with E-state index in [4.69, 9.17) is 14.2 Å². The first-order chi connectivity index (χ1) is 16.2. The summed E-state index contributed by atoms with van der Waals surface area (Å²) in [6.45, 7) is 1.99. The van der Waals surface area contributed by atoms with Crippen LogP contribution in [0.1, 0.15) is 31.8 Å². The lowest BCUT2D eigenvalue weighted by Crippen LogP contribution is -2.25. The van der Waals surface area contributed by atoms with Gasteiger partial charge < -0.3 is 24.8 Å². The summed E-state index contributed by atoms with van der Waals surface area (Å²) >= 11 is 0. The van der Waals surface area contributed by atoms with Crippen molar-refractivity contribution in [3.63, 3.8) is 0 Å². The highest BCUT2D eigenvalue weighted by molar-refractivity contribution is 5.97. The quantitative estimate of drug-likeness (QED) is 0.553. The smallest absolute Gasteiger partial charge is 0.255 e. The Bertz CT molecular complexity index is 1030. The third-order valence-corrected chi connectivity index (χ3v) is 5.13. The molecule has 1 heterocycles. The Balaban J connectivity index is 1.53. The predicted molar refractivity (Wildman–Crippen MR) is 123 cm³/mol. The maximum absolute atomic E-state index is 12.7. The van der Waals surface area contributed by atoms with E-state index in [-0.39, 0.29) is 11.8 Å². The second-order valence-corrected chi connectivity index (χ2v) is 7.49. The number of fused-ring (bicyclic) bond motifs is 4. The van der Waals surface area contributed by atoms with E-state index in [0.717, 1.165) is 11.1 Å². The number of carbonyl (C=O) groups is 2. The molecule has 1 aliphatic heterocycles. The van der Waals surface area contributed by atoms with Gasteiger partial charge in [0.1, 0.15) is 24.7 Å². The van der Waals surface area contributed by atoms with Crippen molar-refractivity contribution < 1.29 is 23.8 Å². The first-order valence-electron chi connectivity index (χ1n) is 10.9. The monoisotopic (exact) mass is 446 g/mol. The molecule has 0 saturated carbocycles. The minimum atomic E-state index is -0.218. The molecule has 0 aliphatic carbocycles. The fourth-order valence-corrected chi connectivity index (χ4v) is 3.49. The normalized spacial score (nSPS) is 15.5. The van der Waals surface area contributed by atoms with E-state index in [2.05, 4.69) is 10.6 Å². The number of amides is 2. The highest BCUT2D eigenvalue weighted by Crippen LogP contribution is 2.19. The van der Waals surface area contributed by atoms with Gasteiger partial charge in [-0.2, -0.15) is 0 Å². The number of rotatable bonds is 0. The van der Waals surface area contributed by atoms with Crippen LogP contribution in [0.25, 0.3) is 0 Å². The molecule has 1 aliphatic rings. The van der Waals surface area contributed by atoms with E-state index in [1.165, 1.54) is 0 Å². The average molecular weight is 447 g/mol. The van der Waals surface area contributed by atoms with E-state index >= 15 is 0 Å². The van der Waals surface area contributed by atoms with Crippen LogP contribution in [0.5, 0.6) is 11.5 Å². The van der Waals surface area contributed by atoms with Gasteiger partial charge in [-0.15, -0.1) is 0 Å². The molecule has 33 heavy (non-hydrogen) atoms. The van der Waals surface area contributed by atoms with Crippen molar-refractivity contribution >= 4 is 11.8 Å². The lowest BCUT2D eigenvalue weighted by molar-refractivity contribution is 0.0749. The van der Waals surface area contributed by atoms with Crippen LogP contribution in [-0.2, 0) is 17.8 Å². The van der Waals surface area contributed by atoms with Crippen molar-refractivity contribution in [3.05, 3.63) is 95.1 Å². The third kappa shape index (κ3) is 6.11. The second kappa shape index (κ2) is 11.2. The summed E-state index contributed by atoms with van der Waals surface area (Å²) in [5, 5.41) is 5.88. The molecule has 2 bridgehead atoms.